The number of rotatable bonds is 4. The number of hydrogen-bond acceptors (Lipinski definition) is 4. The first-order valence-corrected chi connectivity index (χ1v) is 6.84. The first-order valence-electron chi connectivity index (χ1n) is 6.84. The molecule has 1 aromatic carbocycles. The van der Waals surface area contributed by atoms with Crippen molar-refractivity contribution in [2.75, 3.05) is 5.32 Å². The standard InChI is InChI=1S/C15H16N2O5/c1-9-8-10(17(21)22)6-7-13(9)16-14(18)11-4-2-3-5-12(11)15(19)20/h2-3,6-8,11-12H,4-5H2,1H3,(H,16,18)(H,19,20). The molecule has 2 unspecified atom stereocenters. The monoisotopic (exact) mass is 304 g/mol. The van der Waals surface area contributed by atoms with Crippen molar-refractivity contribution in [3.8, 4) is 0 Å². The number of nitro benzene ring substituents is 1. The number of nitrogens with zero attached hydrogens (tertiary/aromatic N) is 1. The zero-order valence-corrected chi connectivity index (χ0v) is 12.0. The van der Waals surface area contributed by atoms with Gasteiger partial charge in [0.15, 0.2) is 0 Å². The van der Waals surface area contributed by atoms with Crippen LogP contribution < -0.4 is 5.32 Å². The number of carboxylic acid groups (broad SMARTS) is 1. The van der Waals surface area contributed by atoms with Gasteiger partial charge in [0.05, 0.1) is 16.8 Å². The molecule has 0 aromatic heterocycles. The SMILES string of the molecule is Cc1cc([N+](=O)[O-])ccc1NC(=O)C1CC=CCC1C(=O)O. The van der Waals surface area contributed by atoms with Gasteiger partial charge in [-0.3, -0.25) is 19.7 Å². The molecule has 0 heterocycles. The van der Waals surface area contributed by atoms with E-state index in [1.807, 2.05) is 0 Å². The lowest BCUT2D eigenvalue weighted by atomic mass is 9.82. The van der Waals surface area contributed by atoms with Crippen molar-refractivity contribution < 1.29 is 19.6 Å². The van der Waals surface area contributed by atoms with Crippen LogP contribution in [-0.2, 0) is 9.59 Å². The molecule has 1 aliphatic rings. The summed E-state index contributed by atoms with van der Waals surface area (Å²) in [5.74, 6) is -2.76. The molecule has 7 heteroatoms. The summed E-state index contributed by atoms with van der Waals surface area (Å²) in [5, 5.41) is 22.6. The van der Waals surface area contributed by atoms with Crippen LogP contribution in [0.2, 0.25) is 0 Å². The van der Waals surface area contributed by atoms with E-state index < -0.39 is 22.7 Å². The lowest BCUT2D eigenvalue weighted by molar-refractivity contribution is -0.384. The highest BCUT2D eigenvalue weighted by molar-refractivity contribution is 5.96. The number of nitrogens with one attached hydrogen (secondary N) is 1. The number of aliphatic carboxylic acids is 1. The van der Waals surface area contributed by atoms with Crippen LogP contribution in [-0.4, -0.2) is 21.9 Å². The third-order valence-corrected chi connectivity index (χ3v) is 3.77. The molecule has 0 saturated heterocycles. The molecule has 22 heavy (non-hydrogen) atoms. The number of carboxylic acids is 1. The van der Waals surface area contributed by atoms with Gasteiger partial charge in [0.1, 0.15) is 0 Å². The molecule has 0 fully saturated rings. The third kappa shape index (κ3) is 3.30. The molecule has 2 atom stereocenters. The number of non-ortho nitro benzene ring substituents is 1. The van der Waals surface area contributed by atoms with Gasteiger partial charge in [0.2, 0.25) is 5.91 Å². The van der Waals surface area contributed by atoms with E-state index in [4.69, 9.17) is 0 Å². The molecule has 1 aromatic rings. The summed E-state index contributed by atoms with van der Waals surface area (Å²) >= 11 is 0. The molecule has 0 spiro atoms. The van der Waals surface area contributed by atoms with Crippen LogP contribution >= 0.6 is 0 Å². The first-order chi connectivity index (χ1) is 10.4. The minimum absolute atomic E-state index is 0.0560. The second kappa shape index (κ2) is 6.38. The Bertz CT molecular complexity index is 653. The summed E-state index contributed by atoms with van der Waals surface area (Å²) in [6, 6.07) is 4.13. The summed E-state index contributed by atoms with van der Waals surface area (Å²) in [6.45, 7) is 1.65. The normalized spacial score (nSPS) is 20.4. The Morgan fingerprint density at radius 2 is 1.91 bits per heavy atom. The number of nitro groups is 1. The van der Waals surface area contributed by atoms with E-state index in [-0.39, 0.29) is 11.6 Å². The fourth-order valence-corrected chi connectivity index (χ4v) is 2.50. The van der Waals surface area contributed by atoms with Crippen molar-refractivity contribution in [1.29, 1.82) is 0 Å². The quantitative estimate of drug-likeness (QED) is 0.504. The number of anilines is 1. The Balaban J connectivity index is 2.16. The second-order valence-corrected chi connectivity index (χ2v) is 5.24. The molecule has 116 valence electrons. The van der Waals surface area contributed by atoms with Crippen LogP contribution in [0, 0.1) is 28.9 Å². The van der Waals surface area contributed by atoms with Crippen LogP contribution in [0.1, 0.15) is 18.4 Å². The lowest BCUT2D eigenvalue weighted by Crippen LogP contribution is -2.34. The Morgan fingerprint density at radius 3 is 2.45 bits per heavy atom. The number of allylic oxidation sites excluding steroid dienone is 2. The fraction of sp³-hybridized carbons (Fsp3) is 0.333. The van der Waals surface area contributed by atoms with Gasteiger partial charge in [0.25, 0.3) is 5.69 Å². The second-order valence-electron chi connectivity index (χ2n) is 5.24. The van der Waals surface area contributed by atoms with Crippen LogP contribution in [0.25, 0.3) is 0 Å². The maximum absolute atomic E-state index is 12.3. The van der Waals surface area contributed by atoms with Crippen LogP contribution in [0.5, 0.6) is 0 Å². The van der Waals surface area contributed by atoms with Gasteiger partial charge in [0, 0.05) is 17.8 Å². The van der Waals surface area contributed by atoms with Crippen molar-refractivity contribution in [3.63, 3.8) is 0 Å². The van der Waals surface area contributed by atoms with Crippen molar-refractivity contribution >= 4 is 23.3 Å². The topological polar surface area (TPSA) is 110 Å². The van der Waals surface area contributed by atoms with E-state index in [0.717, 1.165) is 0 Å². The number of carbonyl (C=O) groups excluding carboxylic acids is 1. The predicted octanol–water partition coefficient (Wildman–Crippen LogP) is 2.51. The highest BCUT2D eigenvalue weighted by Gasteiger charge is 2.34. The summed E-state index contributed by atoms with van der Waals surface area (Å²) < 4.78 is 0. The molecule has 0 saturated carbocycles. The van der Waals surface area contributed by atoms with Crippen molar-refractivity contribution in [2.45, 2.75) is 19.8 Å². The average Bonchev–Trinajstić information content (AvgIpc) is 2.48. The maximum Gasteiger partial charge on any atom is 0.307 e. The minimum atomic E-state index is -0.995. The summed E-state index contributed by atoms with van der Waals surface area (Å²) in [4.78, 5) is 33.7. The smallest absolute Gasteiger partial charge is 0.307 e. The highest BCUT2D eigenvalue weighted by Crippen LogP contribution is 2.28. The van der Waals surface area contributed by atoms with E-state index in [0.29, 0.717) is 24.1 Å². The Kier molecular flexibility index (Phi) is 4.55. The number of benzene rings is 1. The van der Waals surface area contributed by atoms with Gasteiger partial charge in [-0.15, -0.1) is 0 Å². The Hall–Kier alpha value is -2.70. The molecule has 2 rings (SSSR count). The van der Waals surface area contributed by atoms with Gasteiger partial charge in [-0.2, -0.15) is 0 Å². The van der Waals surface area contributed by atoms with Crippen molar-refractivity contribution in [2.24, 2.45) is 11.8 Å². The summed E-state index contributed by atoms with van der Waals surface area (Å²) in [6.07, 6.45) is 4.26. The molecule has 1 aliphatic carbocycles. The van der Waals surface area contributed by atoms with E-state index in [1.165, 1.54) is 18.2 Å². The van der Waals surface area contributed by atoms with Crippen molar-refractivity contribution in [1.82, 2.24) is 0 Å². The number of aryl methyl sites for hydroxylation is 1. The van der Waals surface area contributed by atoms with E-state index in [1.54, 1.807) is 19.1 Å². The van der Waals surface area contributed by atoms with Gasteiger partial charge in [-0.25, -0.2) is 0 Å². The van der Waals surface area contributed by atoms with E-state index in [2.05, 4.69) is 5.32 Å². The van der Waals surface area contributed by atoms with E-state index in [9.17, 15) is 24.8 Å². The van der Waals surface area contributed by atoms with Gasteiger partial charge >= 0.3 is 5.97 Å². The zero-order chi connectivity index (χ0) is 16.3. The van der Waals surface area contributed by atoms with Gasteiger partial charge < -0.3 is 10.4 Å². The molecular formula is C15H16N2O5. The number of amides is 1. The molecule has 0 aliphatic heterocycles. The summed E-state index contributed by atoms with van der Waals surface area (Å²) in [7, 11) is 0. The third-order valence-electron chi connectivity index (χ3n) is 3.77. The average molecular weight is 304 g/mol. The van der Waals surface area contributed by atoms with Crippen LogP contribution in [0.4, 0.5) is 11.4 Å². The van der Waals surface area contributed by atoms with Gasteiger partial charge in [-0.1, -0.05) is 12.2 Å². The molecular weight excluding hydrogens is 288 g/mol. The largest absolute Gasteiger partial charge is 0.481 e. The molecule has 1 amide bonds. The maximum atomic E-state index is 12.3. The van der Waals surface area contributed by atoms with Crippen molar-refractivity contribution in [3.05, 3.63) is 46.0 Å². The first kappa shape index (κ1) is 15.7. The Morgan fingerprint density at radius 1 is 1.27 bits per heavy atom. The lowest BCUT2D eigenvalue weighted by Gasteiger charge is -2.24. The molecule has 2 N–H and O–H groups in total. The zero-order valence-electron chi connectivity index (χ0n) is 12.0. The van der Waals surface area contributed by atoms with Gasteiger partial charge in [-0.05, 0) is 31.4 Å². The Labute approximate surface area is 126 Å². The van der Waals surface area contributed by atoms with Crippen LogP contribution in [0.3, 0.4) is 0 Å². The number of carbonyl (C=O) groups is 2. The summed E-state index contributed by atoms with van der Waals surface area (Å²) in [5.41, 5.74) is 0.953. The predicted molar refractivity (Wildman–Crippen MR) is 79.5 cm³/mol. The molecule has 0 radical (unpaired) electrons. The van der Waals surface area contributed by atoms with E-state index >= 15 is 0 Å². The van der Waals surface area contributed by atoms with Crippen LogP contribution in [0.15, 0.2) is 30.4 Å². The highest BCUT2D eigenvalue weighted by atomic mass is 16.6. The fourth-order valence-electron chi connectivity index (χ4n) is 2.50. The number of hydrogen-bond donors (Lipinski definition) is 2. The minimum Gasteiger partial charge on any atom is -0.481 e. The molecule has 0 bridgehead atoms. The molecule has 7 nitrogen and oxygen atoms in total.